The van der Waals surface area contributed by atoms with E-state index in [1.54, 1.807) is 5.38 Å². The van der Waals surface area contributed by atoms with Crippen LogP contribution in [0.3, 0.4) is 0 Å². The monoisotopic (exact) mass is 305 g/mol. The summed E-state index contributed by atoms with van der Waals surface area (Å²) in [6, 6.07) is 0.0486. The lowest BCUT2D eigenvalue weighted by Crippen LogP contribution is -2.31. The zero-order valence-corrected chi connectivity index (χ0v) is 11.8. The number of carboxylic acid groups (broad SMARTS) is 1. The van der Waals surface area contributed by atoms with Crippen LogP contribution in [0.1, 0.15) is 31.4 Å². The van der Waals surface area contributed by atoms with Crippen LogP contribution in [0.15, 0.2) is 5.38 Å². The van der Waals surface area contributed by atoms with Gasteiger partial charge < -0.3 is 5.11 Å². The first-order chi connectivity index (χ1) is 8.94. The molecular formula is C10H15N3O4S2. The fourth-order valence-electron chi connectivity index (χ4n) is 1.45. The third-order valence-electron chi connectivity index (χ3n) is 2.50. The molecule has 0 aromatic carbocycles. The van der Waals surface area contributed by atoms with E-state index in [1.807, 2.05) is 0 Å². The smallest absolute Gasteiger partial charge is 0.303 e. The molecular weight excluding hydrogens is 290 g/mol. The lowest BCUT2D eigenvalue weighted by molar-refractivity contribution is -0.137. The highest BCUT2D eigenvalue weighted by atomic mass is 32.2. The Morgan fingerprint density at radius 2 is 2.26 bits per heavy atom. The molecule has 106 valence electrons. The first-order valence-corrected chi connectivity index (χ1v) is 8.27. The summed E-state index contributed by atoms with van der Waals surface area (Å²) in [6.45, 7) is 0. The number of aromatic nitrogens is 1. The normalized spacial score (nSPS) is 15.4. The third kappa shape index (κ3) is 5.13. The predicted molar refractivity (Wildman–Crippen MR) is 71.4 cm³/mol. The standard InChI is InChI=1S/C10H15N3O4S2/c14-9(15)3-1-2-8-6-18-10(11-8)13-19(16,17)12-7-4-5-7/h6-7,12H,1-5H2,(H,11,13)(H,14,15). The van der Waals surface area contributed by atoms with Gasteiger partial charge in [0, 0.05) is 17.8 Å². The second kappa shape index (κ2) is 5.85. The van der Waals surface area contributed by atoms with Gasteiger partial charge in [-0.25, -0.2) is 9.71 Å². The Morgan fingerprint density at radius 1 is 1.53 bits per heavy atom. The van der Waals surface area contributed by atoms with Gasteiger partial charge in [-0.15, -0.1) is 11.3 Å². The second-order valence-corrected chi connectivity index (χ2v) is 6.69. The van der Waals surface area contributed by atoms with E-state index in [9.17, 15) is 13.2 Å². The van der Waals surface area contributed by atoms with E-state index in [4.69, 9.17) is 5.11 Å². The number of nitrogens with zero attached hydrogens (tertiary/aromatic N) is 1. The largest absolute Gasteiger partial charge is 0.481 e. The minimum absolute atomic E-state index is 0.0486. The van der Waals surface area contributed by atoms with Gasteiger partial charge >= 0.3 is 16.2 Å². The number of carboxylic acids is 1. The SMILES string of the molecule is O=C(O)CCCc1csc(NS(=O)(=O)NC2CC2)n1. The highest BCUT2D eigenvalue weighted by Crippen LogP contribution is 2.22. The summed E-state index contributed by atoms with van der Waals surface area (Å²) in [5, 5.41) is 10.6. The number of aryl methyl sites for hydroxylation is 1. The zero-order valence-electron chi connectivity index (χ0n) is 10.1. The lowest BCUT2D eigenvalue weighted by atomic mass is 10.2. The maximum atomic E-state index is 11.6. The predicted octanol–water partition coefficient (Wildman–Crippen LogP) is 0.959. The zero-order chi connectivity index (χ0) is 13.9. The highest BCUT2D eigenvalue weighted by Gasteiger charge is 2.27. The molecule has 3 N–H and O–H groups in total. The van der Waals surface area contributed by atoms with Gasteiger partial charge in [0.1, 0.15) is 0 Å². The summed E-state index contributed by atoms with van der Waals surface area (Å²) >= 11 is 1.19. The minimum atomic E-state index is -3.54. The third-order valence-corrected chi connectivity index (χ3v) is 4.54. The Morgan fingerprint density at radius 3 is 2.89 bits per heavy atom. The van der Waals surface area contributed by atoms with Crippen LogP contribution >= 0.6 is 11.3 Å². The number of nitrogens with one attached hydrogen (secondary N) is 2. The number of hydrogen-bond donors (Lipinski definition) is 3. The van der Waals surface area contributed by atoms with Crippen molar-refractivity contribution >= 4 is 32.6 Å². The summed E-state index contributed by atoms with van der Waals surface area (Å²) in [7, 11) is -3.54. The van der Waals surface area contributed by atoms with E-state index < -0.39 is 16.2 Å². The van der Waals surface area contributed by atoms with Crippen LogP contribution in [0.5, 0.6) is 0 Å². The van der Waals surface area contributed by atoms with Gasteiger partial charge in [0.15, 0.2) is 5.13 Å². The molecule has 0 unspecified atom stereocenters. The first kappa shape index (κ1) is 14.2. The van der Waals surface area contributed by atoms with E-state index in [2.05, 4.69) is 14.4 Å². The number of hydrogen-bond acceptors (Lipinski definition) is 5. The van der Waals surface area contributed by atoms with Gasteiger partial charge in [-0.1, -0.05) is 0 Å². The van der Waals surface area contributed by atoms with Gasteiger partial charge in [0.05, 0.1) is 5.69 Å². The molecule has 1 aromatic heterocycles. The van der Waals surface area contributed by atoms with Crippen LogP contribution in [-0.4, -0.2) is 30.5 Å². The lowest BCUT2D eigenvalue weighted by Gasteiger charge is -2.04. The molecule has 0 amide bonds. The van der Waals surface area contributed by atoms with Crippen LogP contribution < -0.4 is 9.44 Å². The fraction of sp³-hybridized carbons (Fsp3) is 0.600. The van der Waals surface area contributed by atoms with Gasteiger partial charge in [-0.05, 0) is 25.7 Å². The molecule has 1 aliphatic carbocycles. The van der Waals surface area contributed by atoms with Crippen molar-refractivity contribution in [1.82, 2.24) is 9.71 Å². The fourth-order valence-corrected chi connectivity index (χ4v) is 3.57. The summed E-state index contributed by atoms with van der Waals surface area (Å²) < 4.78 is 28.1. The Balaban J connectivity index is 1.84. The van der Waals surface area contributed by atoms with E-state index in [-0.39, 0.29) is 12.5 Å². The molecule has 1 heterocycles. The Kier molecular flexibility index (Phi) is 4.38. The molecule has 0 atom stereocenters. The molecule has 0 radical (unpaired) electrons. The molecule has 2 rings (SSSR count). The molecule has 9 heteroatoms. The Hall–Kier alpha value is -1.19. The van der Waals surface area contributed by atoms with Gasteiger partial charge in [-0.3, -0.25) is 4.79 Å². The van der Waals surface area contributed by atoms with Crippen molar-refractivity contribution < 1.29 is 18.3 Å². The summed E-state index contributed by atoms with van der Waals surface area (Å²) in [6.07, 6.45) is 2.85. The molecule has 19 heavy (non-hydrogen) atoms. The van der Waals surface area contributed by atoms with Crippen molar-refractivity contribution in [3.63, 3.8) is 0 Å². The number of thiazole rings is 1. The van der Waals surface area contributed by atoms with Crippen LogP contribution in [0.25, 0.3) is 0 Å². The summed E-state index contributed by atoms with van der Waals surface area (Å²) in [5.41, 5.74) is 0.704. The van der Waals surface area contributed by atoms with Gasteiger partial charge in [-0.2, -0.15) is 13.1 Å². The second-order valence-electron chi connectivity index (χ2n) is 4.39. The quantitative estimate of drug-likeness (QED) is 0.663. The minimum Gasteiger partial charge on any atom is -0.481 e. The first-order valence-electron chi connectivity index (χ1n) is 5.91. The molecule has 0 spiro atoms. The van der Waals surface area contributed by atoms with Gasteiger partial charge in [0.2, 0.25) is 0 Å². The number of rotatable bonds is 8. The average molecular weight is 305 g/mol. The van der Waals surface area contributed by atoms with E-state index in [0.717, 1.165) is 12.8 Å². The molecule has 0 aliphatic heterocycles. The molecule has 7 nitrogen and oxygen atoms in total. The number of aliphatic carboxylic acids is 1. The van der Waals surface area contributed by atoms with Crippen molar-refractivity contribution in [1.29, 1.82) is 0 Å². The van der Waals surface area contributed by atoms with Gasteiger partial charge in [0.25, 0.3) is 0 Å². The van der Waals surface area contributed by atoms with E-state index in [0.29, 0.717) is 23.7 Å². The highest BCUT2D eigenvalue weighted by molar-refractivity contribution is 7.91. The molecule has 1 aromatic rings. The van der Waals surface area contributed by atoms with Crippen molar-refractivity contribution in [2.24, 2.45) is 0 Å². The molecule has 1 aliphatic rings. The van der Waals surface area contributed by atoms with Crippen LogP contribution in [0, 0.1) is 0 Å². The van der Waals surface area contributed by atoms with Crippen molar-refractivity contribution in [2.75, 3.05) is 4.72 Å². The van der Waals surface area contributed by atoms with Crippen molar-refractivity contribution in [2.45, 2.75) is 38.1 Å². The molecule has 1 saturated carbocycles. The van der Waals surface area contributed by atoms with Crippen LogP contribution in [0.2, 0.25) is 0 Å². The molecule has 1 fully saturated rings. The summed E-state index contributed by atoms with van der Waals surface area (Å²) in [5.74, 6) is -0.843. The van der Waals surface area contributed by atoms with Crippen molar-refractivity contribution in [3.05, 3.63) is 11.1 Å². The number of anilines is 1. The van der Waals surface area contributed by atoms with Crippen LogP contribution in [0.4, 0.5) is 5.13 Å². The maximum absolute atomic E-state index is 11.6. The Labute approximate surface area is 115 Å². The van der Waals surface area contributed by atoms with Crippen LogP contribution in [-0.2, 0) is 21.4 Å². The average Bonchev–Trinajstić information content (AvgIpc) is 2.97. The molecule has 0 saturated heterocycles. The maximum Gasteiger partial charge on any atom is 0.303 e. The summed E-state index contributed by atoms with van der Waals surface area (Å²) in [4.78, 5) is 14.5. The van der Waals surface area contributed by atoms with Crippen molar-refractivity contribution in [3.8, 4) is 0 Å². The van der Waals surface area contributed by atoms with E-state index >= 15 is 0 Å². The molecule has 0 bridgehead atoms. The Bertz CT molecular complexity index is 551. The van der Waals surface area contributed by atoms with E-state index in [1.165, 1.54) is 11.3 Å². The number of carbonyl (C=O) groups is 1. The topological polar surface area (TPSA) is 108 Å².